The van der Waals surface area contributed by atoms with Gasteiger partial charge in [-0.05, 0) is 31.3 Å². The summed E-state index contributed by atoms with van der Waals surface area (Å²) in [7, 11) is 0. The second kappa shape index (κ2) is 5.94. The van der Waals surface area contributed by atoms with Crippen molar-refractivity contribution in [3.05, 3.63) is 16.6 Å². The summed E-state index contributed by atoms with van der Waals surface area (Å²) in [6.45, 7) is 9.15. The zero-order chi connectivity index (χ0) is 12.1. The molecule has 0 aliphatic carbocycles. The third-order valence-corrected chi connectivity index (χ3v) is 4.69. The summed E-state index contributed by atoms with van der Waals surface area (Å²) in [6, 6.07) is 0. The Morgan fingerprint density at radius 2 is 2.29 bits per heavy atom. The number of nitrogens with one attached hydrogen (secondary N) is 2. The quantitative estimate of drug-likeness (QED) is 0.845. The number of hydrogen-bond donors (Lipinski definition) is 2. The molecule has 1 unspecified atom stereocenters. The maximum Gasteiger partial charge on any atom is 0.0965 e. The lowest BCUT2D eigenvalue weighted by molar-refractivity contribution is 0.220. The average Bonchev–Trinajstić information content (AvgIpc) is 2.83. The van der Waals surface area contributed by atoms with Gasteiger partial charge in [0, 0.05) is 30.6 Å². The number of aromatic nitrogens is 1. The minimum Gasteiger partial charge on any atom is -0.317 e. The molecule has 17 heavy (non-hydrogen) atoms. The third kappa shape index (κ3) is 3.76. The van der Waals surface area contributed by atoms with E-state index < -0.39 is 0 Å². The van der Waals surface area contributed by atoms with Gasteiger partial charge in [0.2, 0.25) is 0 Å². The minimum absolute atomic E-state index is 0.480. The summed E-state index contributed by atoms with van der Waals surface area (Å²) < 4.78 is 0. The zero-order valence-electron chi connectivity index (χ0n) is 10.8. The van der Waals surface area contributed by atoms with Crippen molar-refractivity contribution in [1.82, 2.24) is 15.6 Å². The average molecular weight is 253 g/mol. The molecular formula is C13H23N3S. The van der Waals surface area contributed by atoms with E-state index in [-0.39, 0.29) is 0 Å². The Kier molecular flexibility index (Phi) is 4.54. The van der Waals surface area contributed by atoms with Gasteiger partial charge in [-0.2, -0.15) is 0 Å². The first-order chi connectivity index (χ1) is 8.20. The van der Waals surface area contributed by atoms with E-state index in [0.29, 0.717) is 11.3 Å². The molecule has 1 aromatic rings. The molecule has 0 saturated carbocycles. The van der Waals surface area contributed by atoms with Crippen LogP contribution in [0.25, 0.3) is 0 Å². The number of thiazole rings is 1. The Hall–Kier alpha value is -0.450. The van der Waals surface area contributed by atoms with E-state index >= 15 is 0 Å². The Bertz CT molecular complexity index is 317. The van der Waals surface area contributed by atoms with Crippen LogP contribution in [0, 0.1) is 5.41 Å². The highest BCUT2D eigenvalue weighted by Gasteiger charge is 2.26. The highest BCUT2D eigenvalue weighted by molar-refractivity contribution is 7.09. The highest BCUT2D eigenvalue weighted by Crippen LogP contribution is 2.27. The van der Waals surface area contributed by atoms with Gasteiger partial charge in [0.05, 0.1) is 5.01 Å². The van der Waals surface area contributed by atoms with Gasteiger partial charge in [-0.1, -0.05) is 13.8 Å². The summed E-state index contributed by atoms with van der Waals surface area (Å²) in [5.74, 6) is 0.528. The van der Waals surface area contributed by atoms with Gasteiger partial charge >= 0.3 is 0 Å². The smallest absolute Gasteiger partial charge is 0.0965 e. The van der Waals surface area contributed by atoms with Crippen molar-refractivity contribution in [1.29, 1.82) is 0 Å². The molecule has 0 aromatic carbocycles. The molecule has 1 saturated heterocycles. The topological polar surface area (TPSA) is 37.0 Å². The molecule has 1 aromatic heterocycles. The fraction of sp³-hybridized carbons (Fsp3) is 0.769. The van der Waals surface area contributed by atoms with Crippen molar-refractivity contribution >= 4 is 11.3 Å². The monoisotopic (exact) mass is 253 g/mol. The number of hydrogen-bond acceptors (Lipinski definition) is 4. The van der Waals surface area contributed by atoms with Gasteiger partial charge in [-0.25, -0.2) is 4.98 Å². The maximum absolute atomic E-state index is 4.37. The molecule has 0 spiro atoms. The van der Waals surface area contributed by atoms with E-state index in [2.05, 4.69) is 34.8 Å². The molecule has 4 heteroatoms. The van der Waals surface area contributed by atoms with Crippen molar-refractivity contribution in [2.75, 3.05) is 26.2 Å². The summed E-state index contributed by atoms with van der Waals surface area (Å²) in [4.78, 5) is 4.37. The summed E-state index contributed by atoms with van der Waals surface area (Å²) >= 11 is 1.76. The molecule has 0 amide bonds. The molecule has 2 N–H and O–H groups in total. The number of nitrogens with zero attached hydrogens (tertiary/aromatic N) is 1. The Balaban J connectivity index is 1.72. The predicted octanol–water partition coefficient (Wildman–Crippen LogP) is 2.23. The van der Waals surface area contributed by atoms with Crippen molar-refractivity contribution in [2.24, 2.45) is 5.41 Å². The standard InChI is InChI=1S/C13H23N3S/c1-11(12-16-7-8-17-12)9-15-10-13(2)3-5-14-6-4-13/h7-8,11,14-15H,3-6,9-10H2,1-2H3. The molecule has 1 aliphatic heterocycles. The highest BCUT2D eigenvalue weighted by atomic mass is 32.1. The van der Waals surface area contributed by atoms with E-state index in [1.165, 1.54) is 30.9 Å². The molecule has 0 radical (unpaired) electrons. The van der Waals surface area contributed by atoms with Crippen molar-refractivity contribution in [2.45, 2.75) is 32.6 Å². The van der Waals surface area contributed by atoms with Crippen LogP contribution in [0.3, 0.4) is 0 Å². The molecule has 96 valence electrons. The summed E-state index contributed by atoms with van der Waals surface area (Å²) in [6.07, 6.45) is 4.46. The van der Waals surface area contributed by atoms with Crippen LogP contribution in [0.1, 0.15) is 37.6 Å². The Labute approximate surface area is 108 Å². The predicted molar refractivity (Wildman–Crippen MR) is 73.6 cm³/mol. The van der Waals surface area contributed by atoms with E-state index in [1.54, 1.807) is 11.3 Å². The number of rotatable bonds is 5. The molecule has 3 nitrogen and oxygen atoms in total. The SMILES string of the molecule is CC(CNCC1(C)CCNCC1)c1nccs1. The van der Waals surface area contributed by atoms with Crippen molar-refractivity contribution in [3.8, 4) is 0 Å². The second-order valence-corrected chi connectivity index (χ2v) is 6.39. The van der Waals surface area contributed by atoms with Gasteiger partial charge < -0.3 is 10.6 Å². The van der Waals surface area contributed by atoms with Gasteiger partial charge in [-0.3, -0.25) is 0 Å². The van der Waals surface area contributed by atoms with Gasteiger partial charge in [0.25, 0.3) is 0 Å². The normalized spacial score (nSPS) is 21.3. The van der Waals surface area contributed by atoms with E-state index in [4.69, 9.17) is 0 Å². The largest absolute Gasteiger partial charge is 0.317 e. The van der Waals surface area contributed by atoms with Gasteiger partial charge in [0.1, 0.15) is 0 Å². The van der Waals surface area contributed by atoms with Crippen molar-refractivity contribution < 1.29 is 0 Å². The van der Waals surface area contributed by atoms with E-state index in [1.807, 2.05) is 6.20 Å². The fourth-order valence-electron chi connectivity index (χ4n) is 2.36. The molecular weight excluding hydrogens is 230 g/mol. The molecule has 1 aliphatic rings. The van der Waals surface area contributed by atoms with Crippen molar-refractivity contribution in [3.63, 3.8) is 0 Å². The first-order valence-corrected chi connectivity index (χ1v) is 7.38. The molecule has 2 rings (SSSR count). The van der Waals surface area contributed by atoms with Crippen LogP contribution >= 0.6 is 11.3 Å². The van der Waals surface area contributed by atoms with Gasteiger partial charge in [0.15, 0.2) is 0 Å². The van der Waals surface area contributed by atoms with Crippen LogP contribution in [0.2, 0.25) is 0 Å². The fourth-order valence-corrected chi connectivity index (χ4v) is 3.06. The first kappa shape index (κ1) is 13.0. The van der Waals surface area contributed by atoms with Crippen LogP contribution in [-0.4, -0.2) is 31.2 Å². The molecule has 1 fully saturated rings. The lowest BCUT2D eigenvalue weighted by Gasteiger charge is -2.34. The molecule has 0 bridgehead atoms. The van der Waals surface area contributed by atoms with Crippen LogP contribution in [0.15, 0.2) is 11.6 Å². The Morgan fingerprint density at radius 1 is 1.53 bits per heavy atom. The van der Waals surface area contributed by atoms with E-state index in [9.17, 15) is 0 Å². The van der Waals surface area contributed by atoms with Crippen LogP contribution in [-0.2, 0) is 0 Å². The number of piperidine rings is 1. The van der Waals surface area contributed by atoms with Crippen LogP contribution in [0.5, 0.6) is 0 Å². The lowest BCUT2D eigenvalue weighted by Crippen LogP contribution is -2.42. The maximum atomic E-state index is 4.37. The second-order valence-electron chi connectivity index (χ2n) is 5.46. The summed E-state index contributed by atoms with van der Waals surface area (Å²) in [5, 5.41) is 10.3. The molecule has 1 atom stereocenters. The van der Waals surface area contributed by atoms with E-state index in [0.717, 1.165) is 13.1 Å². The summed E-state index contributed by atoms with van der Waals surface area (Å²) in [5.41, 5.74) is 0.480. The zero-order valence-corrected chi connectivity index (χ0v) is 11.6. The first-order valence-electron chi connectivity index (χ1n) is 6.50. The third-order valence-electron chi connectivity index (χ3n) is 3.69. The van der Waals surface area contributed by atoms with Crippen LogP contribution in [0.4, 0.5) is 0 Å². The van der Waals surface area contributed by atoms with Crippen LogP contribution < -0.4 is 10.6 Å². The van der Waals surface area contributed by atoms with Gasteiger partial charge in [-0.15, -0.1) is 11.3 Å². The Morgan fingerprint density at radius 3 is 2.94 bits per heavy atom. The lowest BCUT2D eigenvalue weighted by atomic mass is 9.81. The minimum atomic E-state index is 0.480. The molecule has 2 heterocycles.